The molecule has 0 unspecified atom stereocenters. The molecule has 0 saturated carbocycles. The highest BCUT2D eigenvalue weighted by atomic mass is 32.1. The van der Waals surface area contributed by atoms with E-state index in [1.807, 2.05) is 16.6 Å². The van der Waals surface area contributed by atoms with Gasteiger partial charge in [0.25, 0.3) is 0 Å². The van der Waals surface area contributed by atoms with E-state index in [2.05, 4.69) is 25.2 Å². The standard InChI is InChI=1S/C14H14N6O2S/c1-2-22-14(21)13-18-17-12(23-13)9-7-19(8-9)11-4-5-15-10-3-6-16-20(10)11/h3-6,9H,2,7-8H2,1H3. The van der Waals surface area contributed by atoms with Crippen molar-refractivity contribution in [1.29, 1.82) is 0 Å². The van der Waals surface area contributed by atoms with E-state index in [-0.39, 0.29) is 5.92 Å². The molecule has 0 atom stereocenters. The van der Waals surface area contributed by atoms with Crippen molar-refractivity contribution in [3.63, 3.8) is 0 Å². The molecule has 4 rings (SSSR count). The van der Waals surface area contributed by atoms with Crippen LogP contribution in [0, 0.1) is 0 Å². The minimum atomic E-state index is -0.403. The van der Waals surface area contributed by atoms with Crippen LogP contribution in [0.3, 0.4) is 0 Å². The fraction of sp³-hybridized carbons (Fsp3) is 0.357. The van der Waals surface area contributed by atoms with Gasteiger partial charge in [-0.05, 0) is 13.0 Å². The molecule has 1 saturated heterocycles. The van der Waals surface area contributed by atoms with E-state index >= 15 is 0 Å². The third-order valence-corrected chi connectivity index (χ3v) is 4.78. The van der Waals surface area contributed by atoms with Gasteiger partial charge >= 0.3 is 5.97 Å². The number of fused-ring (bicyclic) bond motifs is 1. The summed E-state index contributed by atoms with van der Waals surface area (Å²) >= 11 is 1.31. The van der Waals surface area contributed by atoms with E-state index in [0.29, 0.717) is 11.6 Å². The Labute approximate surface area is 135 Å². The van der Waals surface area contributed by atoms with Crippen molar-refractivity contribution in [2.45, 2.75) is 12.8 Å². The zero-order valence-corrected chi connectivity index (χ0v) is 13.2. The van der Waals surface area contributed by atoms with Crippen LogP contribution in [0.25, 0.3) is 5.65 Å². The smallest absolute Gasteiger partial charge is 0.369 e. The van der Waals surface area contributed by atoms with E-state index < -0.39 is 5.97 Å². The molecule has 1 aliphatic rings. The predicted octanol–water partition coefficient (Wildman–Crippen LogP) is 1.36. The highest BCUT2D eigenvalue weighted by molar-refractivity contribution is 7.13. The summed E-state index contributed by atoms with van der Waals surface area (Å²) in [5.74, 6) is 0.876. The van der Waals surface area contributed by atoms with Gasteiger partial charge < -0.3 is 9.64 Å². The van der Waals surface area contributed by atoms with Crippen molar-refractivity contribution < 1.29 is 9.53 Å². The number of anilines is 1. The van der Waals surface area contributed by atoms with E-state index in [9.17, 15) is 4.79 Å². The number of carbonyl (C=O) groups excluding carboxylic acids is 1. The monoisotopic (exact) mass is 330 g/mol. The lowest BCUT2D eigenvalue weighted by atomic mass is 10.0. The minimum absolute atomic E-state index is 0.273. The summed E-state index contributed by atoms with van der Waals surface area (Å²) in [4.78, 5) is 18.1. The van der Waals surface area contributed by atoms with E-state index in [1.165, 1.54) is 11.3 Å². The second kappa shape index (κ2) is 5.58. The molecule has 8 nitrogen and oxygen atoms in total. The van der Waals surface area contributed by atoms with Crippen LogP contribution in [-0.4, -0.2) is 50.5 Å². The first-order valence-electron chi connectivity index (χ1n) is 7.30. The molecule has 3 aromatic rings. The Morgan fingerprint density at radius 1 is 1.35 bits per heavy atom. The number of ether oxygens (including phenoxy) is 1. The molecule has 0 aliphatic carbocycles. The summed E-state index contributed by atoms with van der Waals surface area (Å²) in [6, 6.07) is 3.82. The summed E-state index contributed by atoms with van der Waals surface area (Å²) in [7, 11) is 0. The Kier molecular flexibility index (Phi) is 3.41. The summed E-state index contributed by atoms with van der Waals surface area (Å²) in [6.07, 6.45) is 3.52. The van der Waals surface area contributed by atoms with Gasteiger partial charge in [-0.15, -0.1) is 10.2 Å². The Bertz CT molecular complexity index is 854. The lowest BCUT2D eigenvalue weighted by Crippen LogP contribution is -2.46. The quantitative estimate of drug-likeness (QED) is 0.668. The van der Waals surface area contributed by atoms with Crippen LogP contribution < -0.4 is 4.90 Å². The third-order valence-electron chi connectivity index (χ3n) is 3.72. The molecule has 0 spiro atoms. The number of esters is 1. The Balaban J connectivity index is 1.47. The zero-order chi connectivity index (χ0) is 15.8. The molecule has 0 N–H and O–H groups in total. The first kappa shape index (κ1) is 14.1. The molecule has 0 amide bonds. The number of aromatic nitrogens is 5. The van der Waals surface area contributed by atoms with E-state index in [1.54, 1.807) is 19.3 Å². The van der Waals surface area contributed by atoms with Gasteiger partial charge in [0.15, 0.2) is 5.65 Å². The van der Waals surface area contributed by atoms with Crippen molar-refractivity contribution in [2.24, 2.45) is 0 Å². The van der Waals surface area contributed by atoms with Gasteiger partial charge in [-0.1, -0.05) is 11.3 Å². The maximum absolute atomic E-state index is 11.6. The van der Waals surface area contributed by atoms with Gasteiger partial charge in [0.2, 0.25) is 5.01 Å². The average molecular weight is 330 g/mol. The molecular formula is C14H14N6O2S. The van der Waals surface area contributed by atoms with Gasteiger partial charge in [-0.2, -0.15) is 9.61 Å². The van der Waals surface area contributed by atoms with Gasteiger partial charge in [-0.25, -0.2) is 9.78 Å². The van der Waals surface area contributed by atoms with Crippen molar-refractivity contribution in [1.82, 2.24) is 24.8 Å². The summed E-state index contributed by atoms with van der Waals surface area (Å²) in [5, 5.41) is 13.5. The Hall–Kier alpha value is -2.55. The maximum Gasteiger partial charge on any atom is 0.369 e. The van der Waals surface area contributed by atoms with Crippen LogP contribution in [-0.2, 0) is 4.74 Å². The van der Waals surface area contributed by atoms with Crippen LogP contribution in [0.2, 0.25) is 0 Å². The fourth-order valence-electron chi connectivity index (χ4n) is 2.56. The summed E-state index contributed by atoms with van der Waals surface area (Å²) in [5.41, 5.74) is 0.825. The number of rotatable bonds is 4. The second-order valence-electron chi connectivity index (χ2n) is 5.17. The number of nitrogens with zero attached hydrogens (tertiary/aromatic N) is 6. The second-order valence-corrected chi connectivity index (χ2v) is 6.18. The first-order chi connectivity index (χ1) is 11.3. The highest BCUT2D eigenvalue weighted by Gasteiger charge is 2.33. The lowest BCUT2D eigenvalue weighted by molar-refractivity contribution is 0.0525. The van der Waals surface area contributed by atoms with Gasteiger partial charge in [0, 0.05) is 31.3 Å². The highest BCUT2D eigenvalue weighted by Crippen LogP contribution is 2.32. The molecule has 1 aliphatic heterocycles. The van der Waals surface area contributed by atoms with Crippen LogP contribution in [0.5, 0.6) is 0 Å². The van der Waals surface area contributed by atoms with Crippen LogP contribution in [0.15, 0.2) is 24.5 Å². The molecule has 3 aromatic heterocycles. The molecule has 1 fully saturated rings. The summed E-state index contributed by atoms with van der Waals surface area (Å²) in [6.45, 7) is 3.74. The zero-order valence-electron chi connectivity index (χ0n) is 12.4. The fourth-order valence-corrected chi connectivity index (χ4v) is 3.38. The average Bonchev–Trinajstić information content (AvgIpc) is 3.15. The number of hydrogen-bond acceptors (Lipinski definition) is 8. The van der Waals surface area contributed by atoms with Gasteiger partial charge in [0.05, 0.1) is 12.8 Å². The molecule has 118 valence electrons. The normalized spacial score (nSPS) is 14.9. The van der Waals surface area contributed by atoms with Crippen molar-refractivity contribution in [3.8, 4) is 0 Å². The first-order valence-corrected chi connectivity index (χ1v) is 8.12. The van der Waals surface area contributed by atoms with Crippen LogP contribution >= 0.6 is 11.3 Å². The van der Waals surface area contributed by atoms with Crippen LogP contribution in [0.4, 0.5) is 5.82 Å². The molecule has 0 radical (unpaired) electrons. The largest absolute Gasteiger partial charge is 0.461 e. The van der Waals surface area contributed by atoms with Crippen molar-refractivity contribution in [3.05, 3.63) is 34.5 Å². The summed E-state index contributed by atoms with van der Waals surface area (Å²) < 4.78 is 6.76. The van der Waals surface area contributed by atoms with E-state index in [0.717, 1.165) is 29.6 Å². The van der Waals surface area contributed by atoms with E-state index in [4.69, 9.17) is 4.74 Å². The van der Waals surface area contributed by atoms with Gasteiger partial charge in [0.1, 0.15) is 10.8 Å². The third kappa shape index (κ3) is 2.42. The van der Waals surface area contributed by atoms with Crippen molar-refractivity contribution >= 4 is 28.8 Å². The predicted molar refractivity (Wildman–Crippen MR) is 83.8 cm³/mol. The topological polar surface area (TPSA) is 85.5 Å². The molecule has 0 bridgehead atoms. The molecule has 9 heteroatoms. The lowest BCUT2D eigenvalue weighted by Gasteiger charge is -2.39. The maximum atomic E-state index is 11.6. The Morgan fingerprint density at radius 2 is 2.22 bits per heavy atom. The molecular weight excluding hydrogens is 316 g/mol. The van der Waals surface area contributed by atoms with Gasteiger partial charge in [-0.3, -0.25) is 0 Å². The number of hydrogen-bond donors (Lipinski definition) is 0. The minimum Gasteiger partial charge on any atom is -0.461 e. The van der Waals surface area contributed by atoms with Crippen LogP contribution in [0.1, 0.15) is 27.7 Å². The molecule has 23 heavy (non-hydrogen) atoms. The van der Waals surface area contributed by atoms with Crippen molar-refractivity contribution in [2.75, 3.05) is 24.6 Å². The molecule has 0 aromatic carbocycles. The SMILES string of the molecule is CCOC(=O)c1nnc(C2CN(c3ccnc4ccnn34)C2)s1. The molecule has 4 heterocycles. The Morgan fingerprint density at radius 3 is 3.04 bits per heavy atom. The number of carbonyl (C=O) groups is 1.